The fraction of sp³-hybridized carbons (Fsp3) is 0.667. The van der Waals surface area contributed by atoms with Crippen LogP contribution in [-0.2, 0) is 0 Å². The van der Waals surface area contributed by atoms with Gasteiger partial charge in [-0.3, -0.25) is 0 Å². The molecule has 0 amide bonds. The van der Waals surface area contributed by atoms with Gasteiger partial charge in [0, 0.05) is 6.04 Å². The lowest BCUT2D eigenvalue weighted by Crippen LogP contribution is -2.25. The minimum atomic E-state index is 0.349. The molecule has 0 saturated heterocycles. The van der Waals surface area contributed by atoms with E-state index in [9.17, 15) is 0 Å². The normalized spacial score (nSPS) is 12.5. The van der Waals surface area contributed by atoms with Crippen LogP contribution < -0.4 is 15.8 Å². The Kier molecular flexibility index (Phi) is 5.00. The molecule has 5 nitrogen and oxygen atoms in total. The maximum absolute atomic E-state index is 5.96. The Morgan fingerprint density at radius 1 is 1.35 bits per heavy atom. The molecule has 0 aliphatic carbocycles. The van der Waals surface area contributed by atoms with Crippen LogP contribution in [0.1, 0.15) is 34.1 Å². The van der Waals surface area contributed by atoms with Crippen LogP contribution >= 0.6 is 0 Å². The van der Waals surface area contributed by atoms with Gasteiger partial charge in [-0.2, -0.15) is 4.98 Å². The summed E-state index contributed by atoms with van der Waals surface area (Å²) in [5, 5.41) is 3.34. The molecule has 0 aliphatic heterocycles. The van der Waals surface area contributed by atoms with Gasteiger partial charge in [-0.25, -0.2) is 4.98 Å². The van der Waals surface area contributed by atoms with Crippen molar-refractivity contribution >= 4 is 11.5 Å². The number of hydrogen-bond acceptors (Lipinski definition) is 5. The van der Waals surface area contributed by atoms with Crippen LogP contribution in [0.15, 0.2) is 6.33 Å². The van der Waals surface area contributed by atoms with E-state index in [4.69, 9.17) is 10.5 Å². The molecule has 0 aliphatic rings. The molecule has 1 aromatic rings. The third kappa shape index (κ3) is 3.47. The number of nitrogens with two attached hydrogens (primary N) is 1. The Morgan fingerprint density at radius 2 is 2.06 bits per heavy atom. The molecule has 96 valence electrons. The highest BCUT2D eigenvalue weighted by molar-refractivity contribution is 5.66. The Hall–Kier alpha value is -1.52. The molecule has 1 unspecified atom stereocenters. The Bertz CT molecular complexity index is 354. The molecule has 1 heterocycles. The van der Waals surface area contributed by atoms with Crippen molar-refractivity contribution in [2.45, 2.75) is 40.2 Å². The molecule has 17 heavy (non-hydrogen) atoms. The lowest BCUT2D eigenvalue weighted by atomic mass is 10.0. The number of rotatable bonds is 6. The van der Waals surface area contributed by atoms with Crippen molar-refractivity contribution in [1.29, 1.82) is 0 Å². The molecular formula is C12H22N4O. The first-order valence-electron chi connectivity index (χ1n) is 6.09. The molecule has 0 fully saturated rings. The van der Waals surface area contributed by atoms with Gasteiger partial charge in [0.15, 0.2) is 5.82 Å². The van der Waals surface area contributed by atoms with Crippen LogP contribution in [0.5, 0.6) is 5.88 Å². The smallest absolute Gasteiger partial charge is 0.242 e. The van der Waals surface area contributed by atoms with Gasteiger partial charge in [-0.1, -0.05) is 20.8 Å². The summed E-state index contributed by atoms with van der Waals surface area (Å²) in [7, 11) is 0. The first kappa shape index (κ1) is 13.5. The van der Waals surface area contributed by atoms with Gasteiger partial charge in [0.1, 0.15) is 12.0 Å². The van der Waals surface area contributed by atoms with Crippen LogP contribution in [0.25, 0.3) is 0 Å². The number of hydrogen-bond donors (Lipinski definition) is 2. The first-order valence-corrected chi connectivity index (χ1v) is 6.09. The van der Waals surface area contributed by atoms with Crippen LogP contribution in [0, 0.1) is 5.92 Å². The summed E-state index contributed by atoms with van der Waals surface area (Å²) >= 11 is 0. The molecule has 0 saturated carbocycles. The fourth-order valence-electron chi connectivity index (χ4n) is 1.66. The zero-order valence-electron chi connectivity index (χ0n) is 11.0. The highest BCUT2D eigenvalue weighted by atomic mass is 16.5. The standard InChI is InChI=1S/C12H22N4O/c1-5-9(8(3)4)16-11-10(13)12(17-6-2)15-7-14-11/h7-9H,5-6,13H2,1-4H3,(H,14,15,16). The Balaban J connectivity index is 2.87. The van der Waals surface area contributed by atoms with Crippen LogP contribution in [0.2, 0.25) is 0 Å². The highest BCUT2D eigenvalue weighted by Gasteiger charge is 2.15. The average Bonchev–Trinajstić information content (AvgIpc) is 2.30. The lowest BCUT2D eigenvalue weighted by molar-refractivity contribution is 0.328. The summed E-state index contributed by atoms with van der Waals surface area (Å²) in [6.45, 7) is 8.92. The van der Waals surface area contributed by atoms with E-state index in [1.165, 1.54) is 6.33 Å². The van der Waals surface area contributed by atoms with Gasteiger partial charge in [-0.05, 0) is 19.3 Å². The largest absolute Gasteiger partial charge is 0.476 e. The Morgan fingerprint density at radius 3 is 2.59 bits per heavy atom. The van der Waals surface area contributed by atoms with Gasteiger partial charge in [0.2, 0.25) is 5.88 Å². The maximum atomic E-state index is 5.96. The molecule has 5 heteroatoms. The van der Waals surface area contributed by atoms with Gasteiger partial charge in [0.05, 0.1) is 6.61 Å². The third-order valence-electron chi connectivity index (χ3n) is 2.70. The quantitative estimate of drug-likeness (QED) is 0.795. The first-order chi connectivity index (χ1) is 8.10. The van der Waals surface area contributed by atoms with E-state index in [1.807, 2.05) is 6.92 Å². The Labute approximate surface area is 103 Å². The van der Waals surface area contributed by atoms with Gasteiger partial charge in [0.25, 0.3) is 0 Å². The van der Waals surface area contributed by atoms with Crippen molar-refractivity contribution in [2.75, 3.05) is 17.7 Å². The molecular weight excluding hydrogens is 216 g/mol. The van der Waals surface area contributed by atoms with E-state index in [1.54, 1.807) is 0 Å². The van der Waals surface area contributed by atoms with Crippen LogP contribution in [0.3, 0.4) is 0 Å². The van der Waals surface area contributed by atoms with E-state index >= 15 is 0 Å². The van der Waals surface area contributed by atoms with Crippen LogP contribution in [0.4, 0.5) is 11.5 Å². The summed E-state index contributed by atoms with van der Waals surface area (Å²) in [6, 6.07) is 0.349. The van der Waals surface area contributed by atoms with Crippen molar-refractivity contribution in [2.24, 2.45) is 5.92 Å². The summed E-state index contributed by atoms with van der Waals surface area (Å²) in [6.07, 6.45) is 2.49. The van der Waals surface area contributed by atoms with Crippen molar-refractivity contribution in [3.63, 3.8) is 0 Å². The molecule has 0 bridgehead atoms. The molecule has 0 aromatic carbocycles. The van der Waals surface area contributed by atoms with E-state index < -0.39 is 0 Å². The van der Waals surface area contributed by atoms with Crippen LogP contribution in [-0.4, -0.2) is 22.6 Å². The van der Waals surface area contributed by atoms with Crippen molar-refractivity contribution < 1.29 is 4.74 Å². The van der Waals surface area contributed by atoms with E-state index in [2.05, 4.69) is 36.1 Å². The zero-order valence-corrected chi connectivity index (χ0v) is 11.0. The predicted octanol–water partition coefficient (Wildman–Crippen LogP) is 2.30. The number of nitrogen functional groups attached to an aromatic ring is 1. The van der Waals surface area contributed by atoms with E-state index in [-0.39, 0.29) is 0 Å². The highest BCUT2D eigenvalue weighted by Crippen LogP contribution is 2.26. The minimum absolute atomic E-state index is 0.349. The molecule has 0 spiro atoms. The van der Waals surface area contributed by atoms with Crippen molar-refractivity contribution in [1.82, 2.24) is 9.97 Å². The number of ether oxygens (including phenoxy) is 1. The molecule has 3 N–H and O–H groups in total. The summed E-state index contributed by atoms with van der Waals surface area (Å²) in [5.41, 5.74) is 6.44. The summed E-state index contributed by atoms with van der Waals surface area (Å²) < 4.78 is 5.34. The SMILES string of the molecule is CCOc1ncnc(NC(CC)C(C)C)c1N. The van der Waals surface area contributed by atoms with E-state index in [0.29, 0.717) is 36.0 Å². The van der Waals surface area contributed by atoms with Gasteiger partial charge in [-0.15, -0.1) is 0 Å². The van der Waals surface area contributed by atoms with Crippen molar-refractivity contribution in [3.05, 3.63) is 6.33 Å². The molecule has 1 atom stereocenters. The number of aromatic nitrogens is 2. The lowest BCUT2D eigenvalue weighted by Gasteiger charge is -2.22. The number of anilines is 2. The maximum Gasteiger partial charge on any atom is 0.242 e. The second kappa shape index (κ2) is 6.27. The number of nitrogens with one attached hydrogen (secondary N) is 1. The summed E-state index contributed by atoms with van der Waals surface area (Å²) in [4.78, 5) is 8.17. The zero-order chi connectivity index (χ0) is 12.8. The molecule has 0 radical (unpaired) electrons. The van der Waals surface area contributed by atoms with Gasteiger partial charge >= 0.3 is 0 Å². The molecule has 1 rings (SSSR count). The third-order valence-corrected chi connectivity index (χ3v) is 2.70. The second-order valence-electron chi connectivity index (χ2n) is 4.28. The molecule has 1 aromatic heterocycles. The van der Waals surface area contributed by atoms with Crippen molar-refractivity contribution in [3.8, 4) is 5.88 Å². The van der Waals surface area contributed by atoms with Gasteiger partial charge < -0.3 is 15.8 Å². The monoisotopic (exact) mass is 238 g/mol. The second-order valence-corrected chi connectivity index (χ2v) is 4.28. The fourth-order valence-corrected chi connectivity index (χ4v) is 1.66. The number of nitrogens with zero attached hydrogens (tertiary/aromatic N) is 2. The summed E-state index contributed by atoms with van der Waals surface area (Å²) in [5.74, 6) is 1.62. The minimum Gasteiger partial charge on any atom is -0.476 e. The average molecular weight is 238 g/mol. The topological polar surface area (TPSA) is 73.1 Å². The predicted molar refractivity (Wildman–Crippen MR) is 70.2 cm³/mol. The van der Waals surface area contributed by atoms with E-state index in [0.717, 1.165) is 6.42 Å².